The summed E-state index contributed by atoms with van der Waals surface area (Å²) in [7, 11) is 1.61. The lowest BCUT2D eigenvalue weighted by Crippen LogP contribution is -2.16. The van der Waals surface area contributed by atoms with Gasteiger partial charge >= 0.3 is 0 Å². The largest absolute Gasteiger partial charge is 0.493 e. The van der Waals surface area contributed by atoms with Crippen molar-refractivity contribution < 1.29 is 9.47 Å². The van der Waals surface area contributed by atoms with E-state index in [1.165, 1.54) is 0 Å². The number of rotatable bonds is 10. The van der Waals surface area contributed by atoms with Crippen molar-refractivity contribution in [2.75, 3.05) is 13.7 Å². The van der Waals surface area contributed by atoms with Gasteiger partial charge in [-0.1, -0.05) is 41.4 Å². The Morgan fingerprint density at radius 2 is 1.97 bits per heavy atom. The van der Waals surface area contributed by atoms with Crippen LogP contribution in [0.5, 0.6) is 11.5 Å². The van der Waals surface area contributed by atoms with Crippen LogP contribution >= 0.6 is 35.6 Å². The molecule has 29 heavy (non-hydrogen) atoms. The molecule has 0 atom stereocenters. The lowest BCUT2D eigenvalue weighted by molar-refractivity contribution is 0.284. The van der Waals surface area contributed by atoms with Crippen molar-refractivity contribution in [2.45, 2.75) is 26.1 Å². The van der Waals surface area contributed by atoms with Crippen LogP contribution in [0.1, 0.15) is 17.5 Å². The summed E-state index contributed by atoms with van der Waals surface area (Å²) in [5.41, 5.74) is 1.93. The van der Waals surface area contributed by atoms with Crippen LogP contribution in [-0.2, 0) is 19.7 Å². The van der Waals surface area contributed by atoms with Crippen LogP contribution in [0.2, 0.25) is 10.0 Å². The van der Waals surface area contributed by atoms with E-state index < -0.39 is 0 Å². The van der Waals surface area contributed by atoms with Crippen LogP contribution in [0, 0.1) is 0 Å². The van der Waals surface area contributed by atoms with Crippen LogP contribution < -0.4 is 14.8 Å². The molecule has 0 amide bonds. The van der Waals surface area contributed by atoms with Crippen molar-refractivity contribution >= 4 is 35.6 Å². The molecule has 0 saturated carbocycles. The summed E-state index contributed by atoms with van der Waals surface area (Å²) in [5.74, 6) is 1.13. The predicted molar refractivity (Wildman–Crippen MR) is 120 cm³/mol. The molecular weight excluding hydrogens is 433 g/mol. The minimum absolute atomic E-state index is 0. The van der Waals surface area contributed by atoms with Gasteiger partial charge in [0, 0.05) is 36.1 Å². The number of imidazole rings is 1. The first-order valence-electron chi connectivity index (χ1n) is 9.06. The van der Waals surface area contributed by atoms with E-state index in [1.807, 2.05) is 48.9 Å². The zero-order chi connectivity index (χ0) is 19.8. The highest BCUT2D eigenvalue weighted by Crippen LogP contribution is 2.37. The monoisotopic (exact) mass is 455 g/mol. The van der Waals surface area contributed by atoms with E-state index in [-0.39, 0.29) is 12.4 Å². The van der Waals surface area contributed by atoms with Crippen molar-refractivity contribution in [3.8, 4) is 11.5 Å². The van der Waals surface area contributed by atoms with Gasteiger partial charge in [0.25, 0.3) is 0 Å². The van der Waals surface area contributed by atoms with Gasteiger partial charge in [0.15, 0.2) is 11.5 Å². The van der Waals surface area contributed by atoms with Gasteiger partial charge in [-0.05, 0) is 36.7 Å². The molecule has 156 valence electrons. The molecule has 2 aromatic carbocycles. The van der Waals surface area contributed by atoms with Crippen LogP contribution in [0.3, 0.4) is 0 Å². The van der Waals surface area contributed by atoms with E-state index in [0.717, 1.165) is 30.6 Å². The maximum atomic E-state index is 6.45. The zero-order valence-electron chi connectivity index (χ0n) is 16.1. The van der Waals surface area contributed by atoms with E-state index in [4.69, 9.17) is 32.7 Å². The summed E-state index contributed by atoms with van der Waals surface area (Å²) in [6.07, 6.45) is 6.59. The number of methoxy groups -OCH3 is 1. The molecule has 0 unspecified atom stereocenters. The number of aryl methyl sites for hydroxylation is 1. The summed E-state index contributed by atoms with van der Waals surface area (Å²) < 4.78 is 13.4. The van der Waals surface area contributed by atoms with Gasteiger partial charge in [-0.2, -0.15) is 0 Å². The Kier molecular flexibility index (Phi) is 9.61. The summed E-state index contributed by atoms with van der Waals surface area (Å²) >= 11 is 12.6. The molecule has 8 heteroatoms. The van der Waals surface area contributed by atoms with E-state index in [1.54, 1.807) is 13.3 Å². The highest BCUT2D eigenvalue weighted by molar-refractivity contribution is 6.32. The Labute approximate surface area is 187 Å². The van der Waals surface area contributed by atoms with E-state index in [0.29, 0.717) is 34.7 Å². The third-order valence-electron chi connectivity index (χ3n) is 4.28. The lowest BCUT2D eigenvalue weighted by atomic mass is 10.2. The Morgan fingerprint density at radius 1 is 1.14 bits per heavy atom. The Balaban J connectivity index is 0.00000300. The molecule has 0 bridgehead atoms. The Bertz CT molecular complexity index is 889. The predicted octanol–water partition coefficient (Wildman–Crippen LogP) is 5.38. The molecule has 3 rings (SSSR count). The number of nitrogens with zero attached hydrogens (tertiary/aromatic N) is 2. The summed E-state index contributed by atoms with van der Waals surface area (Å²) in [6, 6.07) is 11.4. The van der Waals surface area contributed by atoms with E-state index >= 15 is 0 Å². The molecule has 0 aliphatic heterocycles. The first kappa shape index (κ1) is 23.4. The highest BCUT2D eigenvalue weighted by atomic mass is 35.5. The smallest absolute Gasteiger partial charge is 0.180 e. The number of hydrogen-bond acceptors (Lipinski definition) is 4. The van der Waals surface area contributed by atoms with Gasteiger partial charge in [0.2, 0.25) is 0 Å². The van der Waals surface area contributed by atoms with Crippen LogP contribution in [0.4, 0.5) is 0 Å². The van der Waals surface area contributed by atoms with Gasteiger partial charge in [0.05, 0.1) is 18.5 Å². The Hall–Kier alpha value is -1.92. The van der Waals surface area contributed by atoms with Gasteiger partial charge < -0.3 is 19.4 Å². The Morgan fingerprint density at radius 3 is 2.69 bits per heavy atom. The standard InChI is InChI=1S/C21H23Cl2N3O2.ClH/c1-27-20-12-16(13-24-7-4-9-26-10-8-25-15-26)11-19(23)21(20)28-14-17-5-2-3-6-18(17)22;/h2-3,5-6,8,10-12,15,24H,4,7,9,13-14H2,1H3;1H. The molecule has 0 saturated heterocycles. The average Bonchev–Trinajstić information content (AvgIpc) is 3.21. The molecule has 3 aromatic rings. The normalized spacial score (nSPS) is 10.4. The van der Waals surface area contributed by atoms with E-state index in [2.05, 4.69) is 14.9 Å². The van der Waals surface area contributed by atoms with Crippen molar-refractivity contribution in [1.82, 2.24) is 14.9 Å². The number of halogens is 3. The first-order chi connectivity index (χ1) is 13.7. The molecule has 1 heterocycles. The van der Waals surface area contributed by atoms with Gasteiger partial charge in [-0.25, -0.2) is 4.98 Å². The van der Waals surface area contributed by atoms with Crippen molar-refractivity contribution in [2.24, 2.45) is 0 Å². The number of hydrogen-bond donors (Lipinski definition) is 1. The van der Waals surface area contributed by atoms with Crippen LogP contribution in [-0.4, -0.2) is 23.2 Å². The van der Waals surface area contributed by atoms with Gasteiger partial charge in [-0.3, -0.25) is 0 Å². The molecule has 1 N–H and O–H groups in total. The second-order valence-electron chi connectivity index (χ2n) is 6.32. The van der Waals surface area contributed by atoms with Gasteiger partial charge in [0.1, 0.15) is 6.61 Å². The van der Waals surface area contributed by atoms with Gasteiger partial charge in [-0.15, -0.1) is 12.4 Å². The number of benzene rings is 2. The number of ether oxygens (including phenoxy) is 2. The topological polar surface area (TPSA) is 48.3 Å². The molecule has 0 spiro atoms. The summed E-state index contributed by atoms with van der Waals surface area (Å²) in [6.45, 7) is 2.85. The third kappa shape index (κ3) is 6.82. The molecule has 0 aliphatic rings. The lowest BCUT2D eigenvalue weighted by Gasteiger charge is -2.15. The second-order valence-corrected chi connectivity index (χ2v) is 7.13. The SMILES string of the molecule is COc1cc(CNCCCn2ccnc2)cc(Cl)c1OCc1ccccc1Cl.Cl. The van der Waals surface area contributed by atoms with Crippen LogP contribution in [0.15, 0.2) is 55.1 Å². The fraction of sp³-hybridized carbons (Fsp3) is 0.286. The fourth-order valence-electron chi connectivity index (χ4n) is 2.82. The minimum atomic E-state index is 0. The maximum absolute atomic E-state index is 6.45. The van der Waals surface area contributed by atoms with Crippen molar-refractivity contribution in [3.05, 3.63) is 76.3 Å². The minimum Gasteiger partial charge on any atom is -0.493 e. The quantitative estimate of drug-likeness (QED) is 0.416. The average molecular weight is 457 g/mol. The van der Waals surface area contributed by atoms with Crippen molar-refractivity contribution in [3.63, 3.8) is 0 Å². The molecule has 0 radical (unpaired) electrons. The summed E-state index contributed by atoms with van der Waals surface area (Å²) in [4.78, 5) is 4.04. The summed E-state index contributed by atoms with van der Waals surface area (Å²) in [5, 5.41) is 4.60. The molecule has 0 fully saturated rings. The first-order valence-corrected chi connectivity index (χ1v) is 9.82. The molecule has 0 aliphatic carbocycles. The molecule has 1 aromatic heterocycles. The zero-order valence-corrected chi connectivity index (χ0v) is 18.4. The highest BCUT2D eigenvalue weighted by Gasteiger charge is 2.13. The maximum Gasteiger partial charge on any atom is 0.180 e. The second kappa shape index (κ2) is 11.9. The molecular formula is C21H24Cl3N3O2. The van der Waals surface area contributed by atoms with E-state index in [9.17, 15) is 0 Å². The van der Waals surface area contributed by atoms with Crippen molar-refractivity contribution in [1.29, 1.82) is 0 Å². The third-order valence-corrected chi connectivity index (χ3v) is 4.93. The molecule has 5 nitrogen and oxygen atoms in total. The number of aromatic nitrogens is 2. The fourth-order valence-corrected chi connectivity index (χ4v) is 3.30. The van der Waals surface area contributed by atoms with Crippen LogP contribution in [0.25, 0.3) is 0 Å². The number of nitrogens with one attached hydrogen (secondary N) is 1.